The van der Waals surface area contributed by atoms with E-state index in [0.717, 1.165) is 56.0 Å². The van der Waals surface area contributed by atoms with Crippen LogP contribution in [0.2, 0.25) is 0 Å². The van der Waals surface area contributed by atoms with Crippen molar-refractivity contribution in [3.8, 4) is 11.1 Å². The molecule has 2 aliphatic rings. The summed E-state index contributed by atoms with van der Waals surface area (Å²) in [5, 5.41) is 6.45. The number of amides is 1. The van der Waals surface area contributed by atoms with E-state index in [2.05, 4.69) is 61.9 Å². The predicted molar refractivity (Wildman–Crippen MR) is 125 cm³/mol. The van der Waals surface area contributed by atoms with Crippen molar-refractivity contribution < 1.29 is 9.53 Å². The number of hydrogen-bond donors (Lipinski definition) is 3. The molecular weight excluding hydrogens is 404 g/mol. The van der Waals surface area contributed by atoms with Gasteiger partial charge in [-0.1, -0.05) is 24.3 Å². The van der Waals surface area contributed by atoms with Gasteiger partial charge in [-0.2, -0.15) is 4.98 Å². The van der Waals surface area contributed by atoms with Gasteiger partial charge in [0.25, 0.3) is 5.91 Å². The fourth-order valence-corrected chi connectivity index (χ4v) is 3.71. The number of benzene rings is 2. The van der Waals surface area contributed by atoms with Gasteiger partial charge in [0.15, 0.2) is 0 Å². The average molecular weight is 431 g/mol. The van der Waals surface area contributed by atoms with Crippen LogP contribution in [0, 0.1) is 0 Å². The first-order chi connectivity index (χ1) is 15.7. The van der Waals surface area contributed by atoms with Crippen molar-refractivity contribution in [1.29, 1.82) is 0 Å². The van der Waals surface area contributed by atoms with Crippen molar-refractivity contribution in [1.82, 2.24) is 9.97 Å². The molecule has 2 heterocycles. The number of carbonyl (C=O) groups excluding carboxylic acids is 1. The molecule has 2 fully saturated rings. The number of carbonyl (C=O) groups is 1. The van der Waals surface area contributed by atoms with Gasteiger partial charge in [0.1, 0.15) is 5.82 Å². The Balaban J connectivity index is 1.28. The number of morpholine rings is 1. The SMILES string of the molecule is NC(=O)c1cnc(Nc2ccc(-c3ccc(N4CCOCC4)cc3)cc2)nc1NC1CC1. The molecule has 1 aromatic heterocycles. The van der Waals surface area contributed by atoms with Crippen LogP contribution >= 0.6 is 0 Å². The third-order valence-corrected chi connectivity index (χ3v) is 5.69. The summed E-state index contributed by atoms with van der Waals surface area (Å²) in [5.41, 5.74) is 10.1. The summed E-state index contributed by atoms with van der Waals surface area (Å²) < 4.78 is 5.43. The molecule has 32 heavy (non-hydrogen) atoms. The highest BCUT2D eigenvalue weighted by Crippen LogP contribution is 2.28. The molecule has 1 aliphatic heterocycles. The molecule has 2 aromatic carbocycles. The average Bonchev–Trinajstić information content (AvgIpc) is 3.64. The van der Waals surface area contributed by atoms with Crippen molar-refractivity contribution in [3.63, 3.8) is 0 Å². The van der Waals surface area contributed by atoms with Gasteiger partial charge < -0.3 is 26.0 Å². The number of rotatable bonds is 7. The van der Waals surface area contributed by atoms with Gasteiger partial charge in [-0.05, 0) is 48.2 Å². The number of nitrogens with zero attached hydrogens (tertiary/aromatic N) is 3. The second kappa shape index (κ2) is 8.84. The van der Waals surface area contributed by atoms with Gasteiger partial charge in [0.2, 0.25) is 5.95 Å². The number of primary amides is 1. The van der Waals surface area contributed by atoms with Gasteiger partial charge in [-0.15, -0.1) is 0 Å². The van der Waals surface area contributed by atoms with Crippen LogP contribution in [0.1, 0.15) is 23.2 Å². The number of anilines is 4. The molecule has 164 valence electrons. The fraction of sp³-hybridized carbons (Fsp3) is 0.292. The molecule has 0 bridgehead atoms. The lowest BCUT2D eigenvalue weighted by molar-refractivity contribution is 0.100. The third-order valence-electron chi connectivity index (χ3n) is 5.69. The zero-order valence-corrected chi connectivity index (χ0v) is 17.8. The van der Waals surface area contributed by atoms with Crippen LogP contribution in [0.5, 0.6) is 0 Å². The quantitative estimate of drug-likeness (QED) is 0.528. The summed E-state index contributed by atoms with van der Waals surface area (Å²) >= 11 is 0. The molecule has 0 atom stereocenters. The Morgan fingerprint density at radius 2 is 1.66 bits per heavy atom. The van der Waals surface area contributed by atoms with Gasteiger partial charge in [-0.25, -0.2) is 4.98 Å². The number of nitrogens with two attached hydrogens (primary N) is 1. The normalized spacial score (nSPS) is 15.9. The van der Waals surface area contributed by atoms with Crippen LogP contribution in [0.15, 0.2) is 54.7 Å². The molecule has 1 aliphatic carbocycles. The van der Waals surface area contributed by atoms with Crippen LogP contribution in [-0.4, -0.2) is 48.2 Å². The van der Waals surface area contributed by atoms with Gasteiger partial charge in [-0.3, -0.25) is 4.79 Å². The van der Waals surface area contributed by atoms with E-state index in [9.17, 15) is 4.79 Å². The van der Waals surface area contributed by atoms with Gasteiger partial charge in [0, 0.05) is 36.7 Å². The lowest BCUT2D eigenvalue weighted by atomic mass is 10.0. The Bertz CT molecular complexity index is 1090. The minimum atomic E-state index is -0.538. The van der Waals surface area contributed by atoms with E-state index < -0.39 is 5.91 Å². The van der Waals surface area contributed by atoms with Crippen molar-refractivity contribution in [3.05, 3.63) is 60.3 Å². The molecule has 1 saturated carbocycles. The first kappa shape index (κ1) is 20.3. The van der Waals surface area contributed by atoms with Gasteiger partial charge >= 0.3 is 0 Å². The Kier molecular flexibility index (Phi) is 5.60. The molecule has 1 amide bonds. The predicted octanol–water partition coefficient (Wildman–Crippen LogP) is 3.40. The monoisotopic (exact) mass is 430 g/mol. The summed E-state index contributed by atoms with van der Waals surface area (Å²) in [6.07, 6.45) is 3.60. The molecule has 8 heteroatoms. The number of hydrogen-bond acceptors (Lipinski definition) is 7. The van der Waals surface area contributed by atoms with E-state index in [1.165, 1.54) is 11.9 Å². The van der Waals surface area contributed by atoms with E-state index >= 15 is 0 Å². The summed E-state index contributed by atoms with van der Waals surface area (Å²) in [7, 11) is 0. The first-order valence-electron chi connectivity index (χ1n) is 10.9. The summed E-state index contributed by atoms with van der Waals surface area (Å²) in [4.78, 5) is 22.7. The second-order valence-corrected chi connectivity index (χ2v) is 8.09. The minimum absolute atomic E-state index is 0.304. The van der Waals surface area contributed by atoms with Crippen LogP contribution in [0.3, 0.4) is 0 Å². The zero-order chi connectivity index (χ0) is 21.9. The van der Waals surface area contributed by atoms with E-state index in [4.69, 9.17) is 10.5 Å². The molecule has 0 unspecified atom stereocenters. The maximum absolute atomic E-state index is 11.7. The van der Waals surface area contributed by atoms with Crippen LogP contribution in [-0.2, 0) is 4.74 Å². The first-order valence-corrected chi connectivity index (χ1v) is 10.9. The molecule has 8 nitrogen and oxygen atoms in total. The van der Waals surface area contributed by atoms with Gasteiger partial charge in [0.05, 0.1) is 18.8 Å². The highest BCUT2D eigenvalue weighted by atomic mass is 16.5. The lowest BCUT2D eigenvalue weighted by Gasteiger charge is -2.28. The molecule has 3 aromatic rings. The minimum Gasteiger partial charge on any atom is -0.378 e. The van der Waals surface area contributed by atoms with Crippen molar-refractivity contribution in [2.24, 2.45) is 5.73 Å². The maximum Gasteiger partial charge on any atom is 0.254 e. The van der Waals surface area contributed by atoms with Crippen LogP contribution < -0.4 is 21.3 Å². The molecule has 0 radical (unpaired) electrons. The molecule has 4 N–H and O–H groups in total. The number of aromatic nitrogens is 2. The Morgan fingerprint density at radius 1 is 1.00 bits per heavy atom. The topological polar surface area (TPSA) is 105 Å². The highest BCUT2D eigenvalue weighted by molar-refractivity contribution is 5.97. The van der Waals surface area contributed by atoms with Crippen LogP contribution in [0.25, 0.3) is 11.1 Å². The lowest BCUT2D eigenvalue weighted by Crippen LogP contribution is -2.36. The summed E-state index contributed by atoms with van der Waals surface area (Å²) in [5.74, 6) is 0.360. The number of nitrogens with one attached hydrogen (secondary N) is 2. The number of ether oxygens (including phenoxy) is 1. The summed E-state index contributed by atoms with van der Waals surface area (Å²) in [6.45, 7) is 3.42. The third kappa shape index (κ3) is 4.65. The highest BCUT2D eigenvalue weighted by Gasteiger charge is 2.24. The largest absolute Gasteiger partial charge is 0.378 e. The van der Waals surface area contributed by atoms with Crippen molar-refractivity contribution >= 4 is 29.0 Å². The van der Waals surface area contributed by atoms with E-state index in [1.54, 1.807) is 0 Å². The molecule has 0 spiro atoms. The Morgan fingerprint density at radius 3 is 2.28 bits per heavy atom. The Hall–Kier alpha value is -3.65. The smallest absolute Gasteiger partial charge is 0.254 e. The Labute approximate surface area is 186 Å². The molecule has 5 rings (SSSR count). The maximum atomic E-state index is 11.7. The molecule has 1 saturated heterocycles. The second-order valence-electron chi connectivity index (χ2n) is 8.09. The fourth-order valence-electron chi connectivity index (χ4n) is 3.71. The standard InChI is InChI=1S/C24H26N6O2/c25-22(31)21-15-26-24(29-23(21)27-18-7-8-18)28-19-5-1-16(2-6-19)17-3-9-20(10-4-17)30-11-13-32-14-12-30/h1-6,9-10,15,18H,7-8,11-14H2,(H2,25,31)(H2,26,27,28,29). The van der Waals surface area contributed by atoms with E-state index in [0.29, 0.717) is 23.4 Å². The van der Waals surface area contributed by atoms with E-state index in [1.807, 2.05) is 12.1 Å². The summed E-state index contributed by atoms with van der Waals surface area (Å²) in [6, 6.07) is 17.1. The van der Waals surface area contributed by atoms with Crippen molar-refractivity contribution in [2.75, 3.05) is 41.8 Å². The van der Waals surface area contributed by atoms with E-state index in [-0.39, 0.29) is 0 Å². The van der Waals surface area contributed by atoms with Crippen molar-refractivity contribution in [2.45, 2.75) is 18.9 Å². The molecular formula is C24H26N6O2. The zero-order valence-electron chi connectivity index (χ0n) is 17.8. The van der Waals surface area contributed by atoms with Crippen LogP contribution in [0.4, 0.5) is 23.1 Å².